The lowest BCUT2D eigenvalue weighted by atomic mass is 9.93. The van der Waals surface area contributed by atoms with Crippen LogP contribution in [-0.2, 0) is 4.79 Å². The van der Waals surface area contributed by atoms with E-state index in [0.29, 0.717) is 11.3 Å². The predicted molar refractivity (Wildman–Crippen MR) is 87.8 cm³/mol. The van der Waals surface area contributed by atoms with Gasteiger partial charge in [-0.3, -0.25) is 14.4 Å². The molecule has 0 amide bonds. The van der Waals surface area contributed by atoms with Gasteiger partial charge in [0.25, 0.3) is 0 Å². The Morgan fingerprint density at radius 2 is 1.83 bits per heavy atom. The van der Waals surface area contributed by atoms with Crippen molar-refractivity contribution in [1.29, 1.82) is 0 Å². The first-order valence-corrected chi connectivity index (χ1v) is 7.58. The Kier molecular flexibility index (Phi) is 4.07. The maximum Gasteiger partial charge on any atom is 0.246 e. The van der Waals surface area contributed by atoms with Gasteiger partial charge in [0.15, 0.2) is 11.5 Å². The van der Waals surface area contributed by atoms with E-state index < -0.39 is 22.4 Å². The standard InChI is InChI=1S/C17H10Cl2O5/c1-7-5-8(3-4-10(7)23-2)14(20)9-6-24-17-11(9)15(21)16(22)12(18)13(17)19/h3-6H,1-2H3. The molecule has 0 spiro atoms. The topological polar surface area (TPSA) is 73.6 Å². The Morgan fingerprint density at radius 1 is 1.12 bits per heavy atom. The number of carbonyl (C=O) groups is 3. The highest BCUT2D eigenvalue weighted by molar-refractivity contribution is 6.71. The van der Waals surface area contributed by atoms with Gasteiger partial charge >= 0.3 is 0 Å². The second-order valence-electron chi connectivity index (χ2n) is 5.15. The monoisotopic (exact) mass is 364 g/mol. The van der Waals surface area contributed by atoms with Gasteiger partial charge in [0.2, 0.25) is 11.6 Å². The molecule has 0 unspecified atom stereocenters. The molecule has 0 N–H and O–H groups in total. The number of hydrogen-bond donors (Lipinski definition) is 0. The molecule has 1 aromatic heterocycles. The molecule has 0 saturated heterocycles. The largest absolute Gasteiger partial charge is 0.496 e. The molecular weight excluding hydrogens is 355 g/mol. The number of benzene rings is 1. The number of Topliss-reactive ketones (excluding diaryl/α,β-unsaturated/α-hetero) is 2. The number of carbonyl (C=O) groups excluding carboxylic acids is 3. The molecule has 3 rings (SSSR count). The number of furan rings is 1. The second kappa shape index (κ2) is 5.92. The van der Waals surface area contributed by atoms with Gasteiger partial charge in [0, 0.05) is 5.56 Å². The predicted octanol–water partition coefficient (Wildman–Crippen LogP) is 3.74. The lowest BCUT2D eigenvalue weighted by Crippen LogP contribution is -2.22. The van der Waals surface area contributed by atoms with Gasteiger partial charge in [-0.1, -0.05) is 23.2 Å². The van der Waals surface area contributed by atoms with E-state index >= 15 is 0 Å². The van der Waals surface area contributed by atoms with Gasteiger partial charge in [0.05, 0.1) is 18.2 Å². The zero-order valence-corrected chi connectivity index (χ0v) is 14.1. The van der Waals surface area contributed by atoms with Gasteiger partial charge in [-0.15, -0.1) is 0 Å². The van der Waals surface area contributed by atoms with Crippen molar-refractivity contribution in [2.24, 2.45) is 0 Å². The Morgan fingerprint density at radius 3 is 2.46 bits per heavy atom. The second-order valence-corrected chi connectivity index (χ2v) is 5.91. The molecule has 1 aliphatic rings. The number of halogens is 2. The van der Waals surface area contributed by atoms with Crippen molar-refractivity contribution in [3.05, 3.63) is 57.5 Å². The first-order chi connectivity index (χ1) is 11.4. The number of hydrogen-bond acceptors (Lipinski definition) is 5. The molecule has 1 aliphatic carbocycles. The third kappa shape index (κ3) is 2.37. The molecule has 0 fully saturated rings. The van der Waals surface area contributed by atoms with Crippen molar-refractivity contribution in [2.45, 2.75) is 6.92 Å². The quantitative estimate of drug-likeness (QED) is 0.612. The fourth-order valence-corrected chi connectivity index (χ4v) is 2.90. The Bertz CT molecular complexity index is 936. The van der Waals surface area contributed by atoms with Crippen molar-refractivity contribution in [2.75, 3.05) is 7.11 Å². The fraction of sp³-hybridized carbons (Fsp3) is 0.118. The number of allylic oxidation sites excluding steroid dienone is 1. The van der Waals surface area contributed by atoms with Gasteiger partial charge < -0.3 is 9.15 Å². The molecule has 0 aliphatic heterocycles. The third-order valence-corrected chi connectivity index (χ3v) is 4.54. The van der Waals surface area contributed by atoms with E-state index in [4.69, 9.17) is 32.4 Å². The molecular formula is C17H10Cl2O5. The lowest BCUT2D eigenvalue weighted by Gasteiger charge is -2.10. The summed E-state index contributed by atoms with van der Waals surface area (Å²) in [5, 5.41) is -0.593. The minimum absolute atomic E-state index is 0.0322. The summed E-state index contributed by atoms with van der Waals surface area (Å²) < 4.78 is 10.4. The van der Waals surface area contributed by atoms with Crippen LogP contribution in [0.3, 0.4) is 0 Å². The third-order valence-electron chi connectivity index (χ3n) is 3.72. The van der Waals surface area contributed by atoms with Crippen LogP contribution in [0.2, 0.25) is 0 Å². The Hall–Kier alpha value is -2.37. The van der Waals surface area contributed by atoms with E-state index in [2.05, 4.69) is 0 Å². The molecule has 1 aromatic carbocycles. The summed E-state index contributed by atoms with van der Waals surface area (Å²) in [4.78, 5) is 36.8. The summed E-state index contributed by atoms with van der Waals surface area (Å²) in [5.41, 5.74) is 0.890. The molecule has 24 heavy (non-hydrogen) atoms. The summed E-state index contributed by atoms with van der Waals surface area (Å²) >= 11 is 11.7. The first kappa shape index (κ1) is 16.5. The van der Waals surface area contributed by atoms with E-state index in [9.17, 15) is 14.4 Å². The summed E-state index contributed by atoms with van der Waals surface area (Å²) in [5.74, 6) is -1.78. The number of methoxy groups -OCH3 is 1. The zero-order chi connectivity index (χ0) is 17.6. The van der Waals surface area contributed by atoms with Gasteiger partial charge in [-0.2, -0.15) is 0 Å². The van der Waals surface area contributed by atoms with Gasteiger partial charge in [-0.25, -0.2) is 0 Å². The smallest absolute Gasteiger partial charge is 0.246 e. The van der Waals surface area contributed by atoms with Gasteiger partial charge in [-0.05, 0) is 30.7 Å². The highest BCUT2D eigenvalue weighted by Crippen LogP contribution is 2.37. The Balaban J connectivity index is 2.12. The summed E-state index contributed by atoms with van der Waals surface area (Å²) in [7, 11) is 1.53. The minimum atomic E-state index is -0.962. The number of ether oxygens (including phenoxy) is 1. The lowest BCUT2D eigenvalue weighted by molar-refractivity contribution is -0.111. The van der Waals surface area contributed by atoms with Gasteiger partial charge in [0.1, 0.15) is 22.1 Å². The average Bonchev–Trinajstić information content (AvgIpc) is 3.02. The van der Waals surface area contributed by atoms with Crippen molar-refractivity contribution in [1.82, 2.24) is 0 Å². The maximum absolute atomic E-state index is 12.7. The van der Waals surface area contributed by atoms with Crippen molar-refractivity contribution < 1.29 is 23.5 Å². The zero-order valence-electron chi connectivity index (χ0n) is 12.6. The molecule has 0 bridgehead atoms. The highest BCUT2D eigenvalue weighted by Gasteiger charge is 2.38. The van der Waals surface area contributed by atoms with Crippen LogP contribution in [0, 0.1) is 6.92 Å². The average molecular weight is 365 g/mol. The molecule has 0 atom stereocenters. The molecule has 122 valence electrons. The SMILES string of the molecule is COc1ccc(C(=O)c2coc3c2C(=O)C(=O)C(Cl)=C3Cl)cc1C. The van der Waals surface area contributed by atoms with E-state index in [0.717, 1.165) is 11.8 Å². The maximum atomic E-state index is 12.7. The van der Waals surface area contributed by atoms with Crippen molar-refractivity contribution in [3.63, 3.8) is 0 Å². The molecule has 1 heterocycles. The highest BCUT2D eigenvalue weighted by atomic mass is 35.5. The molecule has 7 heteroatoms. The van der Waals surface area contributed by atoms with Crippen LogP contribution in [0.4, 0.5) is 0 Å². The summed E-state index contributed by atoms with van der Waals surface area (Å²) in [6, 6.07) is 4.83. The van der Waals surface area contributed by atoms with E-state index in [1.54, 1.807) is 25.1 Å². The van der Waals surface area contributed by atoms with Crippen LogP contribution in [0.1, 0.15) is 37.6 Å². The number of aryl methyl sites for hydroxylation is 1. The van der Waals surface area contributed by atoms with E-state index in [1.165, 1.54) is 7.11 Å². The van der Waals surface area contributed by atoms with Crippen LogP contribution in [0.5, 0.6) is 5.75 Å². The van der Waals surface area contributed by atoms with Crippen LogP contribution in [0.25, 0.3) is 5.03 Å². The summed E-state index contributed by atoms with van der Waals surface area (Å²) in [6.45, 7) is 1.79. The molecule has 0 radical (unpaired) electrons. The van der Waals surface area contributed by atoms with Crippen molar-refractivity contribution in [3.8, 4) is 5.75 Å². The number of rotatable bonds is 3. The molecule has 5 nitrogen and oxygen atoms in total. The fourth-order valence-electron chi connectivity index (χ4n) is 2.50. The minimum Gasteiger partial charge on any atom is -0.496 e. The van der Waals surface area contributed by atoms with Crippen LogP contribution >= 0.6 is 23.2 Å². The van der Waals surface area contributed by atoms with Crippen molar-refractivity contribution >= 4 is 45.6 Å². The number of ketones is 3. The summed E-state index contributed by atoms with van der Waals surface area (Å²) in [6.07, 6.45) is 1.11. The van der Waals surface area contributed by atoms with E-state index in [-0.39, 0.29) is 21.9 Å². The normalized spacial score (nSPS) is 14.0. The Labute approximate surface area is 146 Å². The van der Waals surface area contributed by atoms with Crippen LogP contribution in [-0.4, -0.2) is 24.5 Å². The molecule has 0 saturated carbocycles. The molecule has 2 aromatic rings. The first-order valence-electron chi connectivity index (χ1n) is 6.82. The van der Waals surface area contributed by atoms with Crippen LogP contribution < -0.4 is 4.74 Å². The van der Waals surface area contributed by atoms with Crippen LogP contribution in [0.15, 0.2) is 33.9 Å². The van der Waals surface area contributed by atoms with E-state index in [1.807, 2.05) is 0 Å². The number of fused-ring (bicyclic) bond motifs is 1.